The largest absolute Gasteiger partial charge is 0.192 e. The second-order valence-electron chi connectivity index (χ2n) is 2.90. The van der Waals surface area contributed by atoms with Crippen LogP contribution in [-0.2, 0) is 0 Å². The zero-order valence-electron chi connectivity index (χ0n) is 7.97. The highest BCUT2D eigenvalue weighted by Crippen LogP contribution is 2.31. The minimum Gasteiger partial charge on any atom is -0.192 e. The molecule has 74 valence electrons. The van der Waals surface area contributed by atoms with Crippen LogP contribution in [0.15, 0.2) is 32.9 Å². The predicted molar refractivity (Wildman–Crippen MR) is 59.9 cm³/mol. The molecule has 1 aromatic heterocycles. The van der Waals surface area contributed by atoms with Crippen molar-refractivity contribution in [2.24, 2.45) is 0 Å². The maximum Gasteiger partial charge on any atom is 0.178 e. The van der Waals surface area contributed by atoms with Crippen molar-refractivity contribution in [1.29, 1.82) is 5.26 Å². The molecule has 1 aromatic carbocycles. The van der Waals surface area contributed by atoms with E-state index in [1.165, 1.54) is 11.3 Å². The Morgan fingerprint density at radius 3 is 2.93 bits per heavy atom. The Hall–Kier alpha value is -1.38. The molecule has 3 nitrogen and oxygen atoms in total. The van der Waals surface area contributed by atoms with Gasteiger partial charge in [0.25, 0.3) is 0 Å². The van der Waals surface area contributed by atoms with Crippen LogP contribution >= 0.6 is 23.1 Å². The van der Waals surface area contributed by atoms with Crippen LogP contribution < -0.4 is 0 Å². The predicted octanol–water partition coefficient (Wildman–Crippen LogP) is 2.87. The van der Waals surface area contributed by atoms with Crippen LogP contribution in [0.2, 0.25) is 0 Å². The zero-order valence-corrected chi connectivity index (χ0v) is 9.60. The molecule has 0 aliphatic heterocycles. The van der Waals surface area contributed by atoms with Gasteiger partial charge in [-0.2, -0.15) is 5.26 Å². The van der Waals surface area contributed by atoms with Gasteiger partial charge in [0.15, 0.2) is 4.34 Å². The van der Waals surface area contributed by atoms with E-state index in [0.29, 0.717) is 5.56 Å². The number of nitrogens with zero attached hydrogens (tertiary/aromatic N) is 3. The molecule has 0 bridgehead atoms. The van der Waals surface area contributed by atoms with Crippen molar-refractivity contribution in [1.82, 2.24) is 10.2 Å². The summed E-state index contributed by atoms with van der Waals surface area (Å²) in [5.41, 5.74) is 3.49. The van der Waals surface area contributed by atoms with Crippen molar-refractivity contribution in [3.63, 3.8) is 0 Å². The van der Waals surface area contributed by atoms with E-state index >= 15 is 0 Å². The summed E-state index contributed by atoms with van der Waals surface area (Å²) in [5, 5.41) is 16.5. The van der Waals surface area contributed by atoms with Crippen molar-refractivity contribution in [3.8, 4) is 6.07 Å². The molecule has 0 aliphatic rings. The summed E-state index contributed by atoms with van der Waals surface area (Å²) in [6.45, 7) is 1.99. The maximum absolute atomic E-state index is 8.73. The molecule has 0 aliphatic carbocycles. The third-order valence-corrected chi connectivity index (χ3v) is 3.80. The first-order valence-corrected chi connectivity index (χ1v) is 5.94. The quantitative estimate of drug-likeness (QED) is 0.800. The van der Waals surface area contributed by atoms with Crippen molar-refractivity contribution in [3.05, 3.63) is 34.8 Å². The summed E-state index contributed by atoms with van der Waals surface area (Å²) in [7, 11) is 0. The topological polar surface area (TPSA) is 49.6 Å². The number of aryl methyl sites for hydroxylation is 1. The molecule has 0 amide bonds. The number of hydrogen-bond acceptors (Lipinski definition) is 5. The highest BCUT2D eigenvalue weighted by Gasteiger charge is 2.04. The van der Waals surface area contributed by atoms with Crippen molar-refractivity contribution < 1.29 is 0 Å². The molecule has 2 rings (SSSR count). The van der Waals surface area contributed by atoms with Gasteiger partial charge >= 0.3 is 0 Å². The molecule has 0 unspecified atom stereocenters. The Kier molecular flexibility index (Phi) is 2.99. The van der Waals surface area contributed by atoms with Crippen LogP contribution in [0, 0.1) is 18.3 Å². The van der Waals surface area contributed by atoms with E-state index in [2.05, 4.69) is 16.3 Å². The highest BCUT2D eigenvalue weighted by molar-refractivity contribution is 8.01. The lowest BCUT2D eigenvalue weighted by atomic mass is 10.2. The SMILES string of the molecule is Cc1cc(C#N)ccc1Sc1nncs1. The fourth-order valence-electron chi connectivity index (χ4n) is 1.13. The lowest BCUT2D eigenvalue weighted by Crippen LogP contribution is -1.82. The van der Waals surface area contributed by atoms with Crippen molar-refractivity contribution in [2.75, 3.05) is 0 Å². The van der Waals surface area contributed by atoms with Crippen LogP contribution in [0.1, 0.15) is 11.1 Å². The van der Waals surface area contributed by atoms with E-state index in [1.54, 1.807) is 17.3 Å². The first-order valence-electron chi connectivity index (χ1n) is 4.24. The molecular weight excluding hydrogens is 226 g/mol. The summed E-state index contributed by atoms with van der Waals surface area (Å²) >= 11 is 3.09. The fourth-order valence-corrected chi connectivity index (χ4v) is 2.64. The Morgan fingerprint density at radius 1 is 1.47 bits per heavy atom. The van der Waals surface area contributed by atoms with Crippen LogP contribution in [0.3, 0.4) is 0 Å². The second kappa shape index (κ2) is 4.43. The average Bonchev–Trinajstić information content (AvgIpc) is 2.74. The van der Waals surface area contributed by atoms with Gasteiger partial charge in [-0.05, 0) is 30.7 Å². The first-order chi connectivity index (χ1) is 7.29. The zero-order chi connectivity index (χ0) is 10.7. The number of hydrogen-bond donors (Lipinski definition) is 0. The van der Waals surface area contributed by atoms with Gasteiger partial charge in [0.2, 0.25) is 0 Å². The van der Waals surface area contributed by atoms with Gasteiger partial charge < -0.3 is 0 Å². The highest BCUT2D eigenvalue weighted by atomic mass is 32.2. The molecule has 0 fully saturated rings. The Balaban J connectivity index is 2.27. The monoisotopic (exact) mass is 233 g/mol. The minimum absolute atomic E-state index is 0.689. The summed E-state index contributed by atoms with van der Waals surface area (Å²) < 4.78 is 0.919. The molecule has 0 spiro atoms. The van der Waals surface area contributed by atoms with Crippen LogP contribution in [0.4, 0.5) is 0 Å². The minimum atomic E-state index is 0.689. The number of benzene rings is 1. The van der Waals surface area contributed by atoms with Crippen LogP contribution in [0.5, 0.6) is 0 Å². The average molecular weight is 233 g/mol. The summed E-state index contributed by atoms with van der Waals surface area (Å²) in [5.74, 6) is 0. The molecule has 2 aromatic rings. The molecule has 0 saturated carbocycles. The Bertz CT molecular complexity index is 500. The van der Waals surface area contributed by atoms with E-state index in [4.69, 9.17) is 5.26 Å². The molecule has 1 heterocycles. The van der Waals surface area contributed by atoms with Gasteiger partial charge in [-0.15, -0.1) is 10.2 Å². The Morgan fingerprint density at radius 2 is 2.33 bits per heavy atom. The normalized spacial score (nSPS) is 9.87. The van der Waals surface area contributed by atoms with E-state index in [1.807, 2.05) is 25.1 Å². The van der Waals surface area contributed by atoms with Crippen molar-refractivity contribution >= 4 is 23.1 Å². The lowest BCUT2D eigenvalue weighted by Gasteiger charge is -2.02. The molecule has 0 atom stereocenters. The molecule has 15 heavy (non-hydrogen) atoms. The van der Waals surface area contributed by atoms with Crippen LogP contribution in [0.25, 0.3) is 0 Å². The van der Waals surface area contributed by atoms with E-state index < -0.39 is 0 Å². The van der Waals surface area contributed by atoms with E-state index in [-0.39, 0.29) is 0 Å². The third-order valence-electron chi connectivity index (χ3n) is 1.84. The van der Waals surface area contributed by atoms with Gasteiger partial charge in [0.05, 0.1) is 11.6 Å². The van der Waals surface area contributed by atoms with Crippen LogP contribution in [-0.4, -0.2) is 10.2 Å². The molecule has 0 saturated heterocycles. The van der Waals surface area contributed by atoms with Gasteiger partial charge in [-0.1, -0.05) is 23.1 Å². The fraction of sp³-hybridized carbons (Fsp3) is 0.100. The van der Waals surface area contributed by atoms with E-state index in [0.717, 1.165) is 14.8 Å². The van der Waals surface area contributed by atoms with Gasteiger partial charge in [0.1, 0.15) is 5.51 Å². The summed E-state index contributed by atoms with van der Waals surface area (Å²) in [6, 6.07) is 7.76. The molecule has 0 radical (unpaired) electrons. The van der Waals surface area contributed by atoms with Gasteiger partial charge in [-0.25, -0.2) is 0 Å². The maximum atomic E-state index is 8.73. The molecule has 5 heteroatoms. The van der Waals surface area contributed by atoms with E-state index in [9.17, 15) is 0 Å². The second-order valence-corrected chi connectivity index (χ2v) is 5.02. The smallest absolute Gasteiger partial charge is 0.178 e. The number of nitriles is 1. The first kappa shape index (κ1) is 10.1. The number of rotatable bonds is 2. The third kappa shape index (κ3) is 2.35. The summed E-state index contributed by atoms with van der Waals surface area (Å²) in [6.07, 6.45) is 0. The van der Waals surface area contributed by atoms with Gasteiger partial charge in [-0.3, -0.25) is 0 Å². The lowest BCUT2D eigenvalue weighted by molar-refractivity contribution is 1.01. The molecule has 0 N–H and O–H groups in total. The standard InChI is InChI=1S/C10H7N3S2/c1-7-4-8(5-11)2-3-9(7)15-10-13-12-6-14-10/h2-4,6H,1H3. The molecular formula is C10H7N3S2. The Labute approximate surface area is 95.8 Å². The van der Waals surface area contributed by atoms with Gasteiger partial charge in [0, 0.05) is 4.90 Å². The number of aromatic nitrogens is 2. The summed E-state index contributed by atoms with van der Waals surface area (Å²) in [4.78, 5) is 1.12. The van der Waals surface area contributed by atoms with Crippen molar-refractivity contribution in [2.45, 2.75) is 16.2 Å².